The Balaban J connectivity index is 1.33. The number of ether oxygens (including phenoxy) is 1. The normalized spacial score (nSPS) is 18.4. The molecule has 2 aliphatic rings. The van der Waals surface area contributed by atoms with Crippen LogP contribution in [0.3, 0.4) is 0 Å². The van der Waals surface area contributed by atoms with Crippen molar-refractivity contribution in [3.63, 3.8) is 0 Å². The van der Waals surface area contributed by atoms with Gasteiger partial charge in [0, 0.05) is 48.7 Å². The van der Waals surface area contributed by atoms with Gasteiger partial charge in [0.15, 0.2) is 5.78 Å². The Bertz CT molecular complexity index is 1580. The molecule has 1 atom stereocenters. The van der Waals surface area contributed by atoms with Crippen molar-refractivity contribution in [3.8, 4) is 17.0 Å². The molecule has 0 radical (unpaired) electrons. The number of piperidine rings is 1. The Labute approximate surface area is 238 Å². The number of carbonyl (C=O) groups excluding carboxylic acids is 1. The summed E-state index contributed by atoms with van der Waals surface area (Å²) < 4.78 is 69.9. The molecule has 216 valence electrons. The molecule has 3 aromatic carbocycles. The summed E-state index contributed by atoms with van der Waals surface area (Å²) in [7, 11) is 0. The van der Waals surface area contributed by atoms with E-state index < -0.39 is 29.5 Å². The summed E-state index contributed by atoms with van der Waals surface area (Å²) >= 11 is 0. The number of hydrogen-bond acceptors (Lipinski definition) is 6. The molecule has 3 heterocycles. The van der Waals surface area contributed by atoms with Crippen LogP contribution < -0.4 is 10.1 Å². The number of rotatable bonds is 5. The molecule has 1 aromatic heterocycles. The third-order valence-electron chi connectivity index (χ3n) is 7.88. The van der Waals surface area contributed by atoms with Gasteiger partial charge in [-0.05, 0) is 66.4 Å². The first-order chi connectivity index (χ1) is 20.1. The fourth-order valence-electron chi connectivity index (χ4n) is 6.05. The number of fused-ring (bicyclic) bond motifs is 1. The number of benzene rings is 3. The largest absolute Gasteiger partial charge is 0.573 e. The van der Waals surface area contributed by atoms with Gasteiger partial charge in [-0.1, -0.05) is 18.2 Å². The molecule has 11 heteroatoms. The van der Waals surface area contributed by atoms with E-state index in [1.165, 1.54) is 42.7 Å². The van der Waals surface area contributed by atoms with Gasteiger partial charge in [-0.2, -0.15) is 0 Å². The second-order valence-electron chi connectivity index (χ2n) is 10.6. The molecule has 4 aromatic rings. The number of halogens is 5. The predicted octanol–water partition coefficient (Wildman–Crippen LogP) is 6.75. The highest BCUT2D eigenvalue weighted by Crippen LogP contribution is 2.47. The quantitative estimate of drug-likeness (QED) is 0.264. The van der Waals surface area contributed by atoms with E-state index in [0.717, 1.165) is 11.6 Å². The van der Waals surface area contributed by atoms with E-state index in [2.05, 4.69) is 24.9 Å². The lowest BCUT2D eigenvalue weighted by Crippen LogP contribution is -2.56. The first kappa shape index (κ1) is 27.8. The molecular weight excluding hydrogens is 555 g/mol. The molecule has 0 saturated carbocycles. The summed E-state index contributed by atoms with van der Waals surface area (Å²) in [6.45, 7) is 1.37. The van der Waals surface area contributed by atoms with Crippen LogP contribution in [0.1, 0.15) is 40.2 Å². The Hall–Kier alpha value is -4.38. The smallest absolute Gasteiger partial charge is 0.406 e. The second-order valence-corrected chi connectivity index (χ2v) is 10.6. The average Bonchev–Trinajstić information content (AvgIpc) is 2.94. The highest BCUT2D eigenvalue weighted by atomic mass is 19.4. The number of ketones is 1. The molecule has 1 N–H and O–H groups in total. The number of Topliss-reactive ketones (excluding diaryl/α,β-unsaturated/α-hetero) is 1. The number of nitrogens with one attached hydrogen (secondary N) is 1. The summed E-state index contributed by atoms with van der Waals surface area (Å²) in [5, 5.41) is 3.63. The van der Waals surface area contributed by atoms with Crippen molar-refractivity contribution in [2.24, 2.45) is 0 Å². The van der Waals surface area contributed by atoms with E-state index in [0.29, 0.717) is 60.5 Å². The second kappa shape index (κ2) is 10.8. The van der Waals surface area contributed by atoms with Crippen molar-refractivity contribution in [2.45, 2.75) is 37.2 Å². The van der Waals surface area contributed by atoms with Crippen LogP contribution in [0.25, 0.3) is 11.3 Å². The number of alkyl halides is 3. The zero-order valence-corrected chi connectivity index (χ0v) is 22.2. The first-order valence-electron chi connectivity index (χ1n) is 13.3. The van der Waals surface area contributed by atoms with Gasteiger partial charge in [-0.25, -0.2) is 18.7 Å². The van der Waals surface area contributed by atoms with Crippen molar-refractivity contribution in [1.29, 1.82) is 0 Å². The van der Waals surface area contributed by atoms with Crippen molar-refractivity contribution in [1.82, 2.24) is 14.9 Å². The first-order valence-corrected chi connectivity index (χ1v) is 13.3. The maximum Gasteiger partial charge on any atom is 0.573 e. The summed E-state index contributed by atoms with van der Waals surface area (Å²) in [6.07, 6.45) is -0.761. The zero-order chi connectivity index (χ0) is 29.5. The number of carbonyl (C=O) groups is 1. The Morgan fingerprint density at radius 2 is 1.67 bits per heavy atom. The molecule has 1 unspecified atom stereocenters. The SMILES string of the molecule is O=C1c2ccc(-c3ccncn3)cc2NC2(CCN(Cc3cc(F)cc(F)c3)CC2)C1c1ccc(OC(F)(F)F)cc1. The number of likely N-dealkylation sites (tertiary alicyclic amines) is 1. The van der Waals surface area contributed by atoms with Crippen molar-refractivity contribution in [3.05, 3.63) is 108 Å². The highest BCUT2D eigenvalue weighted by Gasteiger charge is 2.49. The Kier molecular flexibility index (Phi) is 7.14. The van der Waals surface area contributed by atoms with E-state index in [1.54, 1.807) is 24.4 Å². The van der Waals surface area contributed by atoms with Crippen LogP contribution in [0, 0.1) is 11.6 Å². The topological polar surface area (TPSA) is 67.4 Å². The van der Waals surface area contributed by atoms with Crippen molar-refractivity contribution < 1.29 is 31.5 Å². The maximum atomic E-state index is 14.1. The summed E-state index contributed by atoms with van der Waals surface area (Å²) in [6, 6.07) is 16.0. The van der Waals surface area contributed by atoms with Crippen LogP contribution in [0.4, 0.5) is 27.6 Å². The van der Waals surface area contributed by atoms with Gasteiger partial charge in [-0.3, -0.25) is 9.69 Å². The van der Waals surface area contributed by atoms with Crippen molar-refractivity contribution >= 4 is 11.5 Å². The fourth-order valence-corrected chi connectivity index (χ4v) is 6.05. The highest BCUT2D eigenvalue weighted by molar-refractivity contribution is 6.09. The van der Waals surface area contributed by atoms with Gasteiger partial charge in [-0.15, -0.1) is 13.2 Å². The average molecular weight is 581 g/mol. The summed E-state index contributed by atoms with van der Waals surface area (Å²) in [5.74, 6) is -2.51. The number of hydrogen-bond donors (Lipinski definition) is 1. The van der Waals surface area contributed by atoms with Gasteiger partial charge in [0.1, 0.15) is 23.7 Å². The van der Waals surface area contributed by atoms with Gasteiger partial charge in [0.05, 0.1) is 17.2 Å². The predicted molar refractivity (Wildman–Crippen MR) is 145 cm³/mol. The van der Waals surface area contributed by atoms with E-state index in [-0.39, 0.29) is 11.5 Å². The fraction of sp³-hybridized carbons (Fsp3) is 0.258. The minimum absolute atomic E-state index is 0.150. The zero-order valence-electron chi connectivity index (χ0n) is 22.2. The summed E-state index contributed by atoms with van der Waals surface area (Å²) in [4.78, 5) is 24.5. The number of anilines is 1. The van der Waals surface area contributed by atoms with E-state index in [4.69, 9.17) is 0 Å². The van der Waals surface area contributed by atoms with Gasteiger partial charge in [0.25, 0.3) is 0 Å². The van der Waals surface area contributed by atoms with Crippen LogP contribution in [0.15, 0.2) is 79.3 Å². The lowest BCUT2D eigenvalue weighted by molar-refractivity contribution is -0.274. The molecule has 6 rings (SSSR count). The van der Waals surface area contributed by atoms with Gasteiger partial charge in [0.2, 0.25) is 0 Å². The molecule has 6 nitrogen and oxygen atoms in total. The van der Waals surface area contributed by atoms with Gasteiger partial charge < -0.3 is 10.1 Å². The molecule has 1 saturated heterocycles. The van der Waals surface area contributed by atoms with Crippen molar-refractivity contribution in [2.75, 3.05) is 18.4 Å². The van der Waals surface area contributed by atoms with E-state index in [1.807, 2.05) is 6.07 Å². The monoisotopic (exact) mass is 580 g/mol. The number of nitrogens with zero attached hydrogens (tertiary/aromatic N) is 3. The Morgan fingerprint density at radius 1 is 0.952 bits per heavy atom. The van der Waals surface area contributed by atoms with E-state index >= 15 is 0 Å². The molecule has 1 spiro atoms. The standard InChI is InChI=1S/C31H25F5N4O2/c32-22-13-19(14-23(33)16-22)17-40-11-8-30(9-12-40)28(20-1-4-24(5-2-20)42-31(34,35)36)29(41)25-6-3-21(15-27(25)39-30)26-7-10-37-18-38-26/h1-7,10,13-16,18,28,39H,8-9,11-12,17H2. The van der Waals surface area contributed by atoms with E-state index in [9.17, 15) is 26.7 Å². The third kappa shape index (κ3) is 5.69. The molecular formula is C31H25F5N4O2. The minimum atomic E-state index is -4.83. The van der Waals surface area contributed by atoms with Crippen LogP contribution >= 0.6 is 0 Å². The lowest BCUT2D eigenvalue weighted by atomic mass is 9.67. The van der Waals surface area contributed by atoms with Gasteiger partial charge >= 0.3 is 6.36 Å². The number of aromatic nitrogens is 2. The third-order valence-corrected chi connectivity index (χ3v) is 7.88. The maximum absolute atomic E-state index is 14.1. The molecule has 42 heavy (non-hydrogen) atoms. The molecule has 2 aliphatic heterocycles. The van der Waals surface area contributed by atoms with Crippen LogP contribution in [0.5, 0.6) is 5.75 Å². The van der Waals surface area contributed by atoms with Crippen LogP contribution in [0.2, 0.25) is 0 Å². The van der Waals surface area contributed by atoms with Crippen LogP contribution in [-0.2, 0) is 6.54 Å². The van der Waals surface area contributed by atoms with Crippen LogP contribution in [-0.4, -0.2) is 45.6 Å². The molecule has 0 bridgehead atoms. The minimum Gasteiger partial charge on any atom is -0.406 e. The summed E-state index contributed by atoms with van der Waals surface area (Å²) in [5.41, 5.74) is 2.91. The molecule has 1 fully saturated rings. The molecule has 0 aliphatic carbocycles. The molecule has 0 amide bonds. The lowest BCUT2D eigenvalue weighted by Gasteiger charge is -2.50. The Morgan fingerprint density at radius 3 is 2.31 bits per heavy atom.